The van der Waals surface area contributed by atoms with Gasteiger partial charge >= 0.3 is 5.97 Å². The minimum Gasteiger partial charge on any atom is -0.478 e. The summed E-state index contributed by atoms with van der Waals surface area (Å²) < 4.78 is 26.5. The fraction of sp³-hybridized carbons (Fsp3) is 0.385. The van der Waals surface area contributed by atoms with Crippen LogP contribution < -0.4 is 0 Å². The molecule has 0 bridgehead atoms. The van der Waals surface area contributed by atoms with Crippen LogP contribution in [0, 0.1) is 0 Å². The summed E-state index contributed by atoms with van der Waals surface area (Å²) in [6, 6.07) is 5.42. The lowest BCUT2D eigenvalue weighted by Crippen LogP contribution is -2.45. The summed E-state index contributed by atoms with van der Waals surface area (Å²) in [5.41, 5.74) is 0.0900. The number of rotatable bonds is 2. The van der Waals surface area contributed by atoms with E-state index in [0.717, 1.165) is 4.90 Å². The Morgan fingerprint density at radius 3 is 2.58 bits per heavy atom. The second kappa shape index (κ2) is 4.95. The molecule has 0 saturated carbocycles. The second-order valence-corrected chi connectivity index (χ2v) is 4.57. The first-order valence-corrected chi connectivity index (χ1v) is 5.89. The number of amides is 1. The lowest BCUT2D eigenvalue weighted by molar-refractivity contribution is -0.0560. The maximum Gasteiger partial charge on any atom is 0.335 e. The Morgan fingerprint density at radius 1 is 1.26 bits per heavy atom. The van der Waals surface area contributed by atoms with Crippen LogP contribution in [0.3, 0.4) is 0 Å². The van der Waals surface area contributed by atoms with Gasteiger partial charge in [0.15, 0.2) is 0 Å². The molecule has 1 aliphatic heterocycles. The van der Waals surface area contributed by atoms with Gasteiger partial charge in [-0.25, -0.2) is 13.6 Å². The van der Waals surface area contributed by atoms with E-state index in [1.807, 2.05) is 0 Å². The molecule has 0 unspecified atom stereocenters. The molecule has 1 fully saturated rings. The van der Waals surface area contributed by atoms with Gasteiger partial charge in [0.2, 0.25) is 0 Å². The summed E-state index contributed by atoms with van der Waals surface area (Å²) in [5, 5.41) is 8.84. The highest BCUT2D eigenvalue weighted by molar-refractivity contribution is 5.97. The number of alkyl halides is 2. The Morgan fingerprint density at radius 2 is 1.95 bits per heavy atom. The molecule has 0 spiro atoms. The molecule has 0 aliphatic carbocycles. The highest BCUT2D eigenvalue weighted by Gasteiger charge is 2.37. The van der Waals surface area contributed by atoms with Gasteiger partial charge in [-0.3, -0.25) is 4.79 Å². The molecule has 1 aliphatic rings. The molecule has 19 heavy (non-hydrogen) atoms. The van der Waals surface area contributed by atoms with Crippen LogP contribution in [0.2, 0.25) is 0 Å². The standard InChI is InChI=1S/C13H13F2NO3/c14-13(15)5-2-6-16(8-13)11(17)9-3-1-4-10(7-9)12(18)19/h1,3-4,7H,2,5-6,8H2,(H,18,19). The molecule has 6 heteroatoms. The quantitative estimate of drug-likeness (QED) is 0.895. The van der Waals surface area contributed by atoms with Gasteiger partial charge in [-0.1, -0.05) is 6.07 Å². The number of nitrogens with zero attached hydrogens (tertiary/aromatic N) is 1. The predicted octanol–water partition coefficient (Wildman–Crippen LogP) is 2.26. The Hall–Kier alpha value is -1.98. The van der Waals surface area contributed by atoms with Gasteiger partial charge in [0, 0.05) is 18.5 Å². The lowest BCUT2D eigenvalue weighted by Gasteiger charge is -2.32. The molecular weight excluding hydrogens is 256 g/mol. The van der Waals surface area contributed by atoms with Crippen molar-refractivity contribution in [2.45, 2.75) is 18.8 Å². The number of carbonyl (C=O) groups is 2. The summed E-state index contributed by atoms with van der Waals surface area (Å²) >= 11 is 0. The molecule has 1 heterocycles. The van der Waals surface area contributed by atoms with Crippen molar-refractivity contribution in [1.82, 2.24) is 4.90 Å². The highest BCUT2D eigenvalue weighted by atomic mass is 19.3. The smallest absolute Gasteiger partial charge is 0.335 e. The van der Waals surface area contributed by atoms with Crippen molar-refractivity contribution in [3.63, 3.8) is 0 Å². The number of carbonyl (C=O) groups excluding carboxylic acids is 1. The average Bonchev–Trinajstić information content (AvgIpc) is 2.37. The first-order valence-electron chi connectivity index (χ1n) is 5.89. The Kier molecular flexibility index (Phi) is 3.50. The SMILES string of the molecule is O=C(O)c1cccc(C(=O)N2CCCC(F)(F)C2)c1. The zero-order valence-corrected chi connectivity index (χ0v) is 10.1. The van der Waals surface area contributed by atoms with E-state index in [-0.39, 0.29) is 30.5 Å². The first-order chi connectivity index (χ1) is 8.89. The largest absolute Gasteiger partial charge is 0.478 e. The Balaban J connectivity index is 2.19. The van der Waals surface area contributed by atoms with Gasteiger partial charge < -0.3 is 10.0 Å². The normalized spacial score (nSPS) is 18.1. The summed E-state index contributed by atoms with van der Waals surface area (Å²) in [6.07, 6.45) is 0.0311. The lowest BCUT2D eigenvalue weighted by atomic mass is 10.0. The highest BCUT2D eigenvalue weighted by Crippen LogP contribution is 2.27. The second-order valence-electron chi connectivity index (χ2n) is 4.57. The van der Waals surface area contributed by atoms with Crippen LogP contribution in [0.1, 0.15) is 33.6 Å². The number of hydrogen-bond acceptors (Lipinski definition) is 2. The van der Waals surface area contributed by atoms with Gasteiger partial charge in [0.1, 0.15) is 0 Å². The van der Waals surface area contributed by atoms with Crippen LogP contribution in [0.4, 0.5) is 8.78 Å². The molecule has 1 aromatic carbocycles. The molecule has 4 nitrogen and oxygen atoms in total. The number of piperidine rings is 1. The minimum absolute atomic E-state index is 0.0328. The maximum absolute atomic E-state index is 13.3. The van der Waals surface area contributed by atoms with Crippen molar-refractivity contribution in [1.29, 1.82) is 0 Å². The van der Waals surface area contributed by atoms with Crippen LogP contribution in [0.15, 0.2) is 24.3 Å². The third kappa shape index (κ3) is 3.07. The fourth-order valence-electron chi connectivity index (χ4n) is 2.11. The summed E-state index contributed by atoms with van der Waals surface area (Å²) in [6.45, 7) is -0.338. The third-order valence-corrected chi connectivity index (χ3v) is 3.04. The van der Waals surface area contributed by atoms with E-state index in [1.54, 1.807) is 0 Å². The zero-order chi connectivity index (χ0) is 14.0. The number of hydrogen-bond donors (Lipinski definition) is 1. The topological polar surface area (TPSA) is 57.6 Å². The first kappa shape index (κ1) is 13.5. The van der Waals surface area contributed by atoms with Crippen molar-refractivity contribution in [3.8, 4) is 0 Å². The monoisotopic (exact) mass is 269 g/mol. The molecule has 1 N–H and O–H groups in total. The van der Waals surface area contributed by atoms with E-state index in [4.69, 9.17) is 5.11 Å². The van der Waals surface area contributed by atoms with Crippen molar-refractivity contribution >= 4 is 11.9 Å². The fourth-order valence-corrected chi connectivity index (χ4v) is 2.11. The number of benzene rings is 1. The van der Waals surface area contributed by atoms with Crippen molar-refractivity contribution < 1.29 is 23.5 Å². The molecule has 0 atom stereocenters. The predicted molar refractivity (Wildman–Crippen MR) is 63.5 cm³/mol. The van der Waals surface area contributed by atoms with Crippen molar-refractivity contribution in [2.75, 3.05) is 13.1 Å². The number of likely N-dealkylation sites (tertiary alicyclic amines) is 1. The van der Waals surface area contributed by atoms with E-state index in [2.05, 4.69) is 0 Å². The zero-order valence-electron chi connectivity index (χ0n) is 10.1. The molecule has 1 saturated heterocycles. The van der Waals surface area contributed by atoms with Crippen LogP contribution >= 0.6 is 0 Å². The average molecular weight is 269 g/mol. The van der Waals surface area contributed by atoms with Gasteiger partial charge in [-0.15, -0.1) is 0 Å². The molecule has 0 radical (unpaired) electrons. The molecule has 2 rings (SSSR count). The maximum atomic E-state index is 13.3. The van der Waals surface area contributed by atoms with Crippen LogP contribution in [-0.2, 0) is 0 Å². The van der Waals surface area contributed by atoms with Gasteiger partial charge in [-0.05, 0) is 24.6 Å². The molecule has 1 aromatic rings. The number of carboxylic acid groups (broad SMARTS) is 1. The van der Waals surface area contributed by atoms with E-state index in [1.165, 1.54) is 24.3 Å². The number of aromatic carboxylic acids is 1. The Labute approximate surface area is 108 Å². The number of carboxylic acids is 1. The third-order valence-electron chi connectivity index (χ3n) is 3.04. The van der Waals surface area contributed by atoms with Crippen LogP contribution in [-0.4, -0.2) is 40.9 Å². The van der Waals surface area contributed by atoms with Crippen molar-refractivity contribution in [2.24, 2.45) is 0 Å². The van der Waals surface area contributed by atoms with E-state index >= 15 is 0 Å². The van der Waals surface area contributed by atoms with Gasteiger partial charge in [-0.2, -0.15) is 0 Å². The van der Waals surface area contributed by atoms with E-state index < -0.39 is 24.3 Å². The molecule has 102 valence electrons. The van der Waals surface area contributed by atoms with Gasteiger partial charge in [0.05, 0.1) is 12.1 Å². The number of halogens is 2. The van der Waals surface area contributed by atoms with E-state index in [9.17, 15) is 18.4 Å². The van der Waals surface area contributed by atoms with Crippen LogP contribution in [0.25, 0.3) is 0 Å². The minimum atomic E-state index is -2.86. The molecule has 0 aromatic heterocycles. The van der Waals surface area contributed by atoms with Crippen molar-refractivity contribution in [3.05, 3.63) is 35.4 Å². The molecule has 1 amide bonds. The summed E-state index contributed by atoms with van der Waals surface area (Å²) in [5.74, 6) is -4.57. The van der Waals surface area contributed by atoms with Gasteiger partial charge in [0.25, 0.3) is 11.8 Å². The summed E-state index contributed by atoms with van der Waals surface area (Å²) in [4.78, 5) is 23.9. The van der Waals surface area contributed by atoms with E-state index in [0.29, 0.717) is 0 Å². The summed E-state index contributed by atoms with van der Waals surface area (Å²) in [7, 11) is 0. The molecular formula is C13H13F2NO3. The Bertz CT molecular complexity index is 516. The van der Waals surface area contributed by atoms with Crippen LogP contribution in [0.5, 0.6) is 0 Å².